The van der Waals surface area contributed by atoms with Crippen molar-refractivity contribution < 1.29 is 19.4 Å². The van der Waals surface area contributed by atoms with Crippen LogP contribution in [0.2, 0.25) is 0 Å². The lowest BCUT2D eigenvalue weighted by Crippen LogP contribution is -2.17. The first-order valence-electron chi connectivity index (χ1n) is 5.70. The van der Waals surface area contributed by atoms with Crippen molar-refractivity contribution in [3.63, 3.8) is 0 Å². The Morgan fingerprint density at radius 3 is 3.17 bits per heavy atom. The Balaban J connectivity index is 2.03. The Bertz CT molecular complexity index is 587. The van der Waals surface area contributed by atoms with E-state index < -0.39 is 5.97 Å². The number of ether oxygens (including phenoxy) is 2. The SMILES string of the molecule is O=C(O)c1c(OC2CCOC2)nc2ccccn12. The summed E-state index contributed by atoms with van der Waals surface area (Å²) in [7, 11) is 0. The van der Waals surface area contributed by atoms with Crippen molar-refractivity contribution in [2.24, 2.45) is 0 Å². The first-order valence-corrected chi connectivity index (χ1v) is 5.70. The molecule has 0 bridgehead atoms. The van der Waals surface area contributed by atoms with Crippen LogP contribution >= 0.6 is 0 Å². The average molecular weight is 248 g/mol. The van der Waals surface area contributed by atoms with Gasteiger partial charge in [0.05, 0.1) is 13.2 Å². The van der Waals surface area contributed by atoms with Gasteiger partial charge in [0, 0.05) is 12.6 Å². The van der Waals surface area contributed by atoms with Crippen LogP contribution in [0.1, 0.15) is 16.9 Å². The molecule has 3 rings (SSSR count). The Morgan fingerprint density at radius 2 is 2.44 bits per heavy atom. The predicted octanol–water partition coefficient (Wildman–Crippen LogP) is 1.20. The number of aromatic nitrogens is 2. The van der Waals surface area contributed by atoms with Gasteiger partial charge in [0.25, 0.3) is 0 Å². The van der Waals surface area contributed by atoms with Gasteiger partial charge in [-0.1, -0.05) is 6.07 Å². The van der Waals surface area contributed by atoms with Crippen LogP contribution < -0.4 is 4.74 Å². The summed E-state index contributed by atoms with van der Waals surface area (Å²) < 4.78 is 12.3. The van der Waals surface area contributed by atoms with Crippen LogP contribution in [0.15, 0.2) is 24.4 Å². The molecule has 0 amide bonds. The van der Waals surface area contributed by atoms with Gasteiger partial charge >= 0.3 is 5.97 Å². The number of aromatic carboxylic acids is 1. The van der Waals surface area contributed by atoms with E-state index in [0.717, 1.165) is 6.42 Å². The number of hydrogen-bond donors (Lipinski definition) is 1. The van der Waals surface area contributed by atoms with Crippen LogP contribution in [-0.4, -0.2) is 39.8 Å². The summed E-state index contributed by atoms with van der Waals surface area (Å²) in [6.45, 7) is 1.12. The molecule has 2 aromatic rings. The highest BCUT2D eigenvalue weighted by molar-refractivity contribution is 5.89. The number of carboxylic acid groups (broad SMARTS) is 1. The number of carbonyl (C=O) groups is 1. The Kier molecular flexibility index (Phi) is 2.64. The van der Waals surface area contributed by atoms with Crippen molar-refractivity contribution in [2.75, 3.05) is 13.2 Å². The van der Waals surface area contributed by atoms with Crippen molar-refractivity contribution in [3.8, 4) is 5.88 Å². The maximum atomic E-state index is 11.3. The lowest BCUT2D eigenvalue weighted by molar-refractivity contribution is 0.0678. The van der Waals surface area contributed by atoms with E-state index in [1.54, 1.807) is 24.4 Å². The second-order valence-electron chi connectivity index (χ2n) is 4.10. The summed E-state index contributed by atoms with van der Waals surface area (Å²) in [6, 6.07) is 5.30. The topological polar surface area (TPSA) is 73.1 Å². The van der Waals surface area contributed by atoms with Crippen LogP contribution in [0.4, 0.5) is 0 Å². The van der Waals surface area contributed by atoms with Gasteiger partial charge in [-0.15, -0.1) is 0 Å². The monoisotopic (exact) mass is 248 g/mol. The van der Waals surface area contributed by atoms with E-state index in [1.165, 1.54) is 4.40 Å². The Morgan fingerprint density at radius 1 is 1.56 bits per heavy atom. The van der Waals surface area contributed by atoms with Gasteiger partial charge < -0.3 is 14.6 Å². The molecule has 1 atom stereocenters. The molecule has 1 unspecified atom stereocenters. The third-order valence-electron chi connectivity index (χ3n) is 2.87. The van der Waals surface area contributed by atoms with E-state index in [4.69, 9.17) is 9.47 Å². The third-order valence-corrected chi connectivity index (χ3v) is 2.87. The smallest absolute Gasteiger partial charge is 0.358 e. The fourth-order valence-corrected chi connectivity index (χ4v) is 2.01. The number of carboxylic acids is 1. The second-order valence-corrected chi connectivity index (χ2v) is 4.10. The van der Waals surface area contributed by atoms with E-state index in [9.17, 15) is 9.90 Å². The Hall–Kier alpha value is -2.08. The first-order chi connectivity index (χ1) is 8.75. The fraction of sp³-hybridized carbons (Fsp3) is 0.333. The molecule has 6 nitrogen and oxygen atoms in total. The third kappa shape index (κ3) is 1.80. The van der Waals surface area contributed by atoms with Gasteiger partial charge in [0.1, 0.15) is 11.8 Å². The van der Waals surface area contributed by atoms with Crippen molar-refractivity contribution in [1.82, 2.24) is 9.38 Å². The molecule has 0 aliphatic carbocycles. The number of hydrogen-bond acceptors (Lipinski definition) is 4. The van der Waals surface area contributed by atoms with Crippen LogP contribution in [0.3, 0.4) is 0 Å². The average Bonchev–Trinajstić information content (AvgIpc) is 2.95. The van der Waals surface area contributed by atoms with Gasteiger partial charge in [0.15, 0.2) is 5.69 Å². The van der Waals surface area contributed by atoms with Crippen LogP contribution in [0.5, 0.6) is 5.88 Å². The summed E-state index contributed by atoms with van der Waals surface area (Å²) in [4.78, 5) is 15.5. The lowest BCUT2D eigenvalue weighted by atomic mass is 10.3. The molecule has 1 fully saturated rings. The summed E-state index contributed by atoms with van der Waals surface area (Å²) in [5.74, 6) is -0.896. The van der Waals surface area contributed by atoms with Gasteiger partial charge in [0.2, 0.25) is 5.88 Å². The lowest BCUT2D eigenvalue weighted by Gasteiger charge is -2.09. The minimum Gasteiger partial charge on any atom is -0.476 e. The number of nitrogens with zero attached hydrogens (tertiary/aromatic N) is 2. The van der Waals surface area contributed by atoms with Crippen molar-refractivity contribution >= 4 is 11.6 Å². The maximum Gasteiger partial charge on any atom is 0.358 e. The summed E-state index contributed by atoms with van der Waals surface area (Å²) in [5, 5.41) is 9.25. The number of rotatable bonds is 3. The molecular weight excluding hydrogens is 236 g/mol. The zero-order valence-electron chi connectivity index (χ0n) is 9.57. The van der Waals surface area contributed by atoms with Crippen molar-refractivity contribution in [1.29, 1.82) is 0 Å². The molecule has 18 heavy (non-hydrogen) atoms. The van der Waals surface area contributed by atoms with Crippen molar-refractivity contribution in [3.05, 3.63) is 30.1 Å². The van der Waals surface area contributed by atoms with Crippen LogP contribution in [0.25, 0.3) is 5.65 Å². The molecule has 1 saturated heterocycles. The van der Waals surface area contributed by atoms with Crippen LogP contribution in [0, 0.1) is 0 Å². The van der Waals surface area contributed by atoms with E-state index in [0.29, 0.717) is 18.9 Å². The van der Waals surface area contributed by atoms with Gasteiger partial charge in [-0.2, -0.15) is 4.98 Å². The molecule has 1 aliphatic rings. The minimum atomic E-state index is -1.05. The molecule has 0 saturated carbocycles. The zero-order valence-corrected chi connectivity index (χ0v) is 9.57. The molecule has 1 N–H and O–H groups in total. The van der Waals surface area contributed by atoms with Gasteiger partial charge in [-0.25, -0.2) is 4.79 Å². The first kappa shape index (κ1) is 11.0. The zero-order chi connectivity index (χ0) is 12.5. The highest BCUT2D eigenvalue weighted by atomic mass is 16.6. The van der Waals surface area contributed by atoms with E-state index in [-0.39, 0.29) is 17.7 Å². The quantitative estimate of drug-likeness (QED) is 0.883. The second kappa shape index (κ2) is 4.30. The van der Waals surface area contributed by atoms with Crippen molar-refractivity contribution in [2.45, 2.75) is 12.5 Å². The summed E-state index contributed by atoms with van der Waals surface area (Å²) >= 11 is 0. The van der Waals surface area contributed by atoms with Crippen LogP contribution in [-0.2, 0) is 4.74 Å². The highest BCUT2D eigenvalue weighted by Gasteiger charge is 2.24. The molecule has 0 spiro atoms. The maximum absolute atomic E-state index is 11.3. The summed E-state index contributed by atoms with van der Waals surface area (Å²) in [6.07, 6.45) is 2.30. The minimum absolute atomic E-state index is 0.0532. The summed E-state index contributed by atoms with van der Waals surface area (Å²) in [5.41, 5.74) is 0.612. The fourth-order valence-electron chi connectivity index (χ4n) is 2.01. The standard InChI is InChI=1S/C12H12N2O4/c15-12(16)10-11(18-8-4-6-17-7-8)13-9-3-1-2-5-14(9)10/h1-3,5,8H,4,6-7H2,(H,15,16). The number of pyridine rings is 1. The molecule has 0 aromatic carbocycles. The number of fused-ring (bicyclic) bond motifs is 1. The van der Waals surface area contributed by atoms with E-state index in [2.05, 4.69) is 4.98 Å². The van der Waals surface area contributed by atoms with E-state index >= 15 is 0 Å². The predicted molar refractivity (Wildman–Crippen MR) is 62.0 cm³/mol. The molecule has 0 radical (unpaired) electrons. The molecule has 1 aliphatic heterocycles. The molecule has 3 heterocycles. The molecule has 94 valence electrons. The van der Waals surface area contributed by atoms with Gasteiger partial charge in [-0.05, 0) is 12.1 Å². The van der Waals surface area contributed by atoms with E-state index in [1.807, 2.05) is 0 Å². The molecular formula is C12H12N2O4. The van der Waals surface area contributed by atoms with Gasteiger partial charge in [-0.3, -0.25) is 4.40 Å². The molecule has 2 aromatic heterocycles. The highest BCUT2D eigenvalue weighted by Crippen LogP contribution is 2.23. The molecule has 6 heteroatoms. The largest absolute Gasteiger partial charge is 0.476 e. The number of imidazole rings is 1. The normalized spacial score (nSPS) is 19.2. The Labute approximate surface area is 103 Å².